The second-order valence-electron chi connectivity index (χ2n) is 8.15. The first-order chi connectivity index (χ1) is 17.4. The predicted octanol–water partition coefficient (Wildman–Crippen LogP) is 5.64. The number of halogens is 2. The molecule has 1 N–H and O–H groups in total. The molecule has 3 amide bonds. The van der Waals surface area contributed by atoms with E-state index >= 15 is 0 Å². The van der Waals surface area contributed by atoms with E-state index in [4.69, 9.17) is 0 Å². The number of para-hydroxylation sites is 1. The molecule has 180 valence electrons. The van der Waals surface area contributed by atoms with Gasteiger partial charge in [-0.1, -0.05) is 42.5 Å². The minimum atomic E-state index is -0.620. The molecule has 4 aromatic rings. The third-order valence-electron chi connectivity index (χ3n) is 5.69. The molecule has 2 heterocycles. The molecule has 6 nitrogen and oxygen atoms in total. The van der Waals surface area contributed by atoms with Crippen LogP contribution in [0.25, 0.3) is 17.0 Å². The largest absolute Gasteiger partial charge is 0.342 e. The van der Waals surface area contributed by atoms with Gasteiger partial charge in [-0.15, -0.1) is 0 Å². The summed E-state index contributed by atoms with van der Waals surface area (Å²) in [5.74, 6) is -2.04. The SMILES string of the molecule is O=C(CN1C(=O)S/C(=C/c2cn(Cc3ccccc3F)c3ccccc23)C1=O)Nc1cccc(F)c1. The average molecular weight is 504 g/mol. The summed E-state index contributed by atoms with van der Waals surface area (Å²) >= 11 is 0.741. The quantitative estimate of drug-likeness (QED) is 0.346. The van der Waals surface area contributed by atoms with Crippen molar-refractivity contribution in [2.75, 3.05) is 11.9 Å². The molecule has 0 aliphatic carbocycles. The number of anilines is 1. The average Bonchev–Trinajstić information content (AvgIpc) is 3.32. The van der Waals surface area contributed by atoms with Crippen LogP contribution in [0.15, 0.2) is 83.9 Å². The summed E-state index contributed by atoms with van der Waals surface area (Å²) < 4.78 is 29.5. The molecule has 0 unspecified atom stereocenters. The van der Waals surface area contributed by atoms with Gasteiger partial charge in [0.15, 0.2) is 0 Å². The molecule has 1 fully saturated rings. The van der Waals surface area contributed by atoms with Crippen LogP contribution >= 0.6 is 11.8 Å². The van der Waals surface area contributed by atoms with E-state index in [1.54, 1.807) is 24.3 Å². The summed E-state index contributed by atoms with van der Waals surface area (Å²) in [4.78, 5) is 38.9. The van der Waals surface area contributed by atoms with Crippen molar-refractivity contribution >= 4 is 51.5 Å². The zero-order valence-electron chi connectivity index (χ0n) is 18.8. The fourth-order valence-corrected chi connectivity index (χ4v) is 4.85. The monoisotopic (exact) mass is 503 g/mol. The van der Waals surface area contributed by atoms with E-state index in [1.807, 2.05) is 35.0 Å². The van der Waals surface area contributed by atoms with Crippen LogP contribution < -0.4 is 5.32 Å². The van der Waals surface area contributed by atoms with Crippen LogP contribution in [0, 0.1) is 11.6 Å². The molecule has 0 spiro atoms. The molecule has 0 atom stereocenters. The lowest BCUT2D eigenvalue weighted by atomic mass is 10.1. The van der Waals surface area contributed by atoms with Gasteiger partial charge in [-0.3, -0.25) is 19.3 Å². The van der Waals surface area contributed by atoms with E-state index in [9.17, 15) is 23.2 Å². The second kappa shape index (κ2) is 9.79. The molecule has 1 aliphatic heterocycles. The molecule has 9 heteroatoms. The Morgan fingerprint density at radius 2 is 1.75 bits per heavy atom. The predicted molar refractivity (Wildman–Crippen MR) is 135 cm³/mol. The Morgan fingerprint density at radius 3 is 2.56 bits per heavy atom. The number of fused-ring (bicyclic) bond motifs is 1. The number of nitrogens with one attached hydrogen (secondary N) is 1. The van der Waals surface area contributed by atoms with E-state index in [-0.39, 0.29) is 16.4 Å². The van der Waals surface area contributed by atoms with E-state index in [2.05, 4.69) is 5.32 Å². The third-order valence-corrected chi connectivity index (χ3v) is 6.60. The van der Waals surface area contributed by atoms with Gasteiger partial charge >= 0.3 is 0 Å². The van der Waals surface area contributed by atoms with Gasteiger partial charge in [-0.25, -0.2) is 8.78 Å². The van der Waals surface area contributed by atoms with E-state index < -0.39 is 29.4 Å². The highest BCUT2D eigenvalue weighted by atomic mass is 32.2. The molecular weight excluding hydrogens is 484 g/mol. The zero-order valence-corrected chi connectivity index (χ0v) is 19.6. The highest BCUT2D eigenvalue weighted by Crippen LogP contribution is 2.34. The maximum Gasteiger partial charge on any atom is 0.294 e. The molecular formula is C27H19F2N3O3S. The van der Waals surface area contributed by atoms with Crippen LogP contribution in [0.2, 0.25) is 0 Å². The van der Waals surface area contributed by atoms with Crippen molar-refractivity contribution in [1.29, 1.82) is 0 Å². The molecule has 0 bridgehead atoms. The first-order valence-electron chi connectivity index (χ1n) is 11.0. The fraction of sp³-hybridized carbons (Fsp3) is 0.0741. The van der Waals surface area contributed by atoms with Crippen molar-refractivity contribution in [2.24, 2.45) is 0 Å². The molecule has 5 rings (SSSR count). The van der Waals surface area contributed by atoms with Crippen LogP contribution in [0.4, 0.5) is 19.3 Å². The number of amides is 3. The van der Waals surface area contributed by atoms with Gasteiger partial charge in [0.05, 0.1) is 11.4 Å². The number of carbonyl (C=O) groups excluding carboxylic acids is 3. The number of carbonyl (C=O) groups is 3. The Morgan fingerprint density at radius 1 is 0.972 bits per heavy atom. The first kappa shape index (κ1) is 23.5. The lowest BCUT2D eigenvalue weighted by Gasteiger charge is -2.12. The van der Waals surface area contributed by atoms with Crippen molar-refractivity contribution in [2.45, 2.75) is 6.54 Å². The Labute approximate surface area is 209 Å². The number of nitrogens with zero attached hydrogens (tertiary/aromatic N) is 2. The molecule has 1 aromatic heterocycles. The number of benzene rings is 3. The molecule has 36 heavy (non-hydrogen) atoms. The van der Waals surface area contributed by atoms with E-state index in [0.717, 1.165) is 33.6 Å². The summed E-state index contributed by atoms with van der Waals surface area (Å²) in [5.41, 5.74) is 2.29. The Bertz CT molecular complexity index is 1550. The van der Waals surface area contributed by atoms with E-state index in [0.29, 0.717) is 17.7 Å². The Hall–Kier alpha value is -4.24. The van der Waals surface area contributed by atoms with Crippen LogP contribution in [-0.4, -0.2) is 33.1 Å². The van der Waals surface area contributed by atoms with Crippen molar-refractivity contribution in [1.82, 2.24) is 9.47 Å². The Balaban J connectivity index is 1.38. The zero-order chi connectivity index (χ0) is 25.2. The number of aromatic nitrogens is 1. The summed E-state index contributed by atoms with van der Waals surface area (Å²) in [6, 6.07) is 19.4. The third kappa shape index (κ3) is 4.78. The smallest absolute Gasteiger partial charge is 0.294 e. The maximum absolute atomic E-state index is 14.2. The highest BCUT2D eigenvalue weighted by Gasteiger charge is 2.36. The number of imide groups is 1. The van der Waals surface area contributed by atoms with Crippen LogP contribution in [0.3, 0.4) is 0 Å². The topological polar surface area (TPSA) is 71.4 Å². The fourth-order valence-electron chi connectivity index (χ4n) is 4.02. The summed E-state index contributed by atoms with van der Waals surface area (Å²) in [7, 11) is 0. The van der Waals surface area contributed by atoms with Crippen molar-refractivity contribution < 1.29 is 23.2 Å². The van der Waals surface area contributed by atoms with E-state index in [1.165, 1.54) is 24.3 Å². The maximum atomic E-state index is 14.2. The normalized spacial score (nSPS) is 14.7. The number of hydrogen-bond acceptors (Lipinski definition) is 4. The van der Waals surface area contributed by atoms with Crippen molar-refractivity contribution in [3.05, 3.63) is 107 Å². The summed E-state index contributed by atoms with van der Waals surface area (Å²) in [5, 5.41) is 2.75. The van der Waals surface area contributed by atoms with Crippen molar-refractivity contribution in [3.63, 3.8) is 0 Å². The van der Waals surface area contributed by atoms with Gasteiger partial charge < -0.3 is 9.88 Å². The number of rotatable bonds is 6. The molecule has 0 radical (unpaired) electrons. The van der Waals surface area contributed by atoms with Gasteiger partial charge in [-0.05, 0) is 48.2 Å². The number of hydrogen-bond donors (Lipinski definition) is 1. The van der Waals surface area contributed by atoms with Crippen LogP contribution in [0.5, 0.6) is 0 Å². The number of thioether (sulfide) groups is 1. The van der Waals surface area contributed by atoms with Gasteiger partial charge in [-0.2, -0.15) is 0 Å². The minimum Gasteiger partial charge on any atom is -0.342 e. The first-order valence-corrected chi connectivity index (χ1v) is 11.8. The lowest BCUT2D eigenvalue weighted by Crippen LogP contribution is -2.36. The highest BCUT2D eigenvalue weighted by molar-refractivity contribution is 8.18. The van der Waals surface area contributed by atoms with Gasteiger partial charge in [0.2, 0.25) is 5.91 Å². The van der Waals surface area contributed by atoms with Crippen molar-refractivity contribution in [3.8, 4) is 0 Å². The standard InChI is InChI=1S/C27H19F2N3O3S/c28-19-7-5-8-20(13-19)30-25(33)16-32-26(34)24(36-27(32)35)12-18-15-31(23-11-4-2-9-21(18)23)14-17-6-1-3-10-22(17)29/h1-13,15H,14,16H2,(H,30,33)/b24-12+. The second-order valence-corrected chi connectivity index (χ2v) is 9.14. The van der Waals surface area contributed by atoms with Gasteiger partial charge in [0, 0.05) is 33.9 Å². The molecule has 0 saturated carbocycles. The molecule has 1 aliphatic rings. The Kier molecular flexibility index (Phi) is 6.39. The van der Waals surface area contributed by atoms with Crippen LogP contribution in [-0.2, 0) is 16.1 Å². The molecule has 1 saturated heterocycles. The molecule has 3 aromatic carbocycles. The van der Waals surface area contributed by atoms with Gasteiger partial charge in [0.1, 0.15) is 18.2 Å². The summed E-state index contributed by atoms with van der Waals surface area (Å²) in [6.07, 6.45) is 3.41. The summed E-state index contributed by atoms with van der Waals surface area (Å²) in [6.45, 7) is -0.198. The van der Waals surface area contributed by atoms with Crippen LogP contribution in [0.1, 0.15) is 11.1 Å². The van der Waals surface area contributed by atoms with Gasteiger partial charge in [0.25, 0.3) is 11.1 Å². The lowest BCUT2D eigenvalue weighted by molar-refractivity contribution is -0.127. The minimum absolute atomic E-state index is 0.173.